The van der Waals surface area contributed by atoms with Crippen molar-refractivity contribution in [1.29, 1.82) is 0 Å². The summed E-state index contributed by atoms with van der Waals surface area (Å²) in [4.78, 5) is 25.0. The maximum absolute atomic E-state index is 12.9. The van der Waals surface area contributed by atoms with E-state index in [1.54, 1.807) is 42.5 Å². The van der Waals surface area contributed by atoms with Gasteiger partial charge in [-0.3, -0.25) is 4.79 Å². The van der Waals surface area contributed by atoms with Gasteiger partial charge >= 0.3 is 5.97 Å². The lowest BCUT2D eigenvalue weighted by molar-refractivity contribution is -0.154. The second-order valence-electron chi connectivity index (χ2n) is 7.39. The van der Waals surface area contributed by atoms with Gasteiger partial charge in [-0.25, -0.2) is 9.80 Å². The number of aryl methyl sites for hydroxylation is 1. The minimum atomic E-state index is -0.674. The van der Waals surface area contributed by atoms with Gasteiger partial charge in [0.2, 0.25) is 0 Å². The van der Waals surface area contributed by atoms with E-state index in [1.807, 2.05) is 19.1 Å². The van der Waals surface area contributed by atoms with Gasteiger partial charge in [0.1, 0.15) is 17.6 Å². The summed E-state index contributed by atoms with van der Waals surface area (Å²) in [5.74, 6) is -0.0821. The largest absolute Gasteiger partial charge is 0.482 e. The van der Waals surface area contributed by atoms with Crippen LogP contribution in [0.1, 0.15) is 29.3 Å². The van der Waals surface area contributed by atoms with E-state index < -0.39 is 24.5 Å². The SMILES string of the molecule is Cc1cc(OCC(=O)OCC(=O)N2N=C(c3ccc(Cl)cc3)CC2c2ccco2)ccc1Cl. The Bertz CT molecular complexity index is 1180. The molecule has 0 saturated heterocycles. The number of amides is 1. The summed E-state index contributed by atoms with van der Waals surface area (Å²) in [6.45, 7) is 1.02. The Balaban J connectivity index is 1.39. The van der Waals surface area contributed by atoms with Crippen LogP contribution in [0.4, 0.5) is 0 Å². The number of carbonyl (C=O) groups excluding carboxylic acids is 2. The van der Waals surface area contributed by atoms with Crippen molar-refractivity contribution in [2.24, 2.45) is 5.10 Å². The van der Waals surface area contributed by atoms with Crippen molar-refractivity contribution in [2.45, 2.75) is 19.4 Å². The van der Waals surface area contributed by atoms with Gasteiger partial charge in [0.25, 0.3) is 5.91 Å². The highest BCUT2D eigenvalue weighted by atomic mass is 35.5. The number of nitrogens with zero attached hydrogens (tertiary/aromatic N) is 2. The lowest BCUT2D eigenvalue weighted by Crippen LogP contribution is -2.32. The van der Waals surface area contributed by atoms with Crippen molar-refractivity contribution in [3.8, 4) is 5.75 Å². The number of ether oxygens (including phenoxy) is 2. The average molecular weight is 487 g/mol. The fraction of sp³-hybridized carbons (Fsp3) is 0.208. The molecule has 0 fully saturated rings. The number of hydrogen-bond acceptors (Lipinski definition) is 6. The van der Waals surface area contributed by atoms with Crippen molar-refractivity contribution in [3.05, 3.63) is 87.8 Å². The fourth-order valence-electron chi connectivity index (χ4n) is 3.36. The maximum Gasteiger partial charge on any atom is 0.344 e. The van der Waals surface area contributed by atoms with E-state index in [2.05, 4.69) is 5.10 Å². The predicted molar refractivity (Wildman–Crippen MR) is 124 cm³/mol. The number of hydrogen-bond donors (Lipinski definition) is 0. The van der Waals surface area contributed by atoms with Gasteiger partial charge in [0, 0.05) is 16.5 Å². The molecule has 33 heavy (non-hydrogen) atoms. The van der Waals surface area contributed by atoms with Crippen LogP contribution in [-0.4, -0.2) is 35.8 Å². The molecule has 1 atom stereocenters. The van der Waals surface area contributed by atoms with Gasteiger partial charge < -0.3 is 13.9 Å². The lowest BCUT2D eigenvalue weighted by Gasteiger charge is -2.19. The highest BCUT2D eigenvalue weighted by molar-refractivity contribution is 6.31. The van der Waals surface area contributed by atoms with E-state index in [9.17, 15) is 9.59 Å². The van der Waals surface area contributed by atoms with E-state index in [1.165, 1.54) is 11.3 Å². The van der Waals surface area contributed by atoms with E-state index >= 15 is 0 Å². The topological polar surface area (TPSA) is 81.3 Å². The van der Waals surface area contributed by atoms with Crippen LogP contribution in [0.25, 0.3) is 0 Å². The molecule has 4 rings (SSSR count). The molecule has 0 N–H and O–H groups in total. The third-order valence-electron chi connectivity index (χ3n) is 5.06. The number of halogens is 2. The molecule has 2 aromatic carbocycles. The molecule has 2 heterocycles. The molecule has 0 aliphatic carbocycles. The van der Waals surface area contributed by atoms with E-state index in [-0.39, 0.29) is 6.61 Å². The number of esters is 1. The van der Waals surface area contributed by atoms with Gasteiger partial charge in [-0.2, -0.15) is 5.10 Å². The Hall–Kier alpha value is -3.29. The van der Waals surface area contributed by atoms with Crippen LogP contribution in [0, 0.1) is 6.92 Å². The minimum Gasteiger partial charge on any atom is -0.482 e. The Morgan fingerprint density at radius 2 is 1.91 bits per heavy atom. The molecule has 170 valence electrons. The third kappa shape index (κ3) is 5.56. The third-order valence-corrected chi connectivity index (χ3v) is 5.73. The molecule has 1 amide bonds. The molecule has 0 spiro atoms. The van der Waals surface area contributed by atoms with Gasteiger partial charge in [0.15, 0.2) is 13.2 Å². The molecule has 1 unspecified atom stereocenters. The number of benzene rings is 2. The molecule has 7 nitrogen and oxygen atoms in total. The van der Waals surface area contributed by atoms with E-state index in [0.717, 1.165) is 11.1 Å². The molecule has 1 aromatic heterocycles. The minimum absolute atomic E-state index is 0.338. The molecule has 0 saturated carbocycles. The molecule has 9 heteroatoms. The first kappa shape index (κ1) is 22.9. The number of rotatable bonds is 7. The van der Waals surface area contributed by atoms with Gasteiger partial charge in [-0.05, 0) is 60.5 Å². The second kappa shape index (κ2) is 10.1. The summed E-state index contributed by atoms with van der Waals surface area (Å²) in [6.07, 6.45) is 1.99. The van der Waals surface area contributed by atoms with Crippen molar-refractivity contribution in [1.82, 2.24) is 5.01 Å². The first-order valence-electron chi connectivity index (χ1n) is 10.1. The maximum atomic E-state index is 12.9. The summed E-state index contributed by atoms with van der Waals surface area (Å²) < 4.78 is 16.0. The monoisotopic (exact) mass is 486 g/mol. The van der Waals surface area contributed by atoms with Crippen LogP contribution in [0.5, 0.6) is 5.75 Å². The molecule has 0 radical (unpaired) electrons. The number of hydrazone groups is 1. The van der Waals surface area contributed by atoms with Gasteiger partial charge in [0.05, 0.1) is 12.0 Å². The van der Waals surface area contributed by atoms with Crippen molar-refractivity contribution in [3.63, 3.8) is 0 Å². The average Bonchev–Trinajstić information content (AvgIpc) is 3.49. The molecule has 0 bridgehead atoms. The van der Waals surface area contributed by atoms with Crippen molar-refractivity contribution in [2.75, 3.05) is 13.2 Å². The molecule has 1 aliphatic heterocycles. The quantitative estimate of drug-likeness (QED) is 0.429. The summed E-state index contributed by atoms with van der Waals surface area (Å²) in [7, 11) is 0. The summed E-state index contributed by atoms with van der Waals surface area (Å²) in [5.41, 5.74) is 2.37. The zero-order chi connectivity index (χ0) is 23.4. The Kier molecular flexibility index (Phi) is 7.01. The summed E-state index contributed by atoms with van der Waals surface area (Å²) >= 11 is 12.0. The zero-order valence-electron chi connectivity index (χ0n) is 17.7. The van der Waals surface area contributed by atoms with E-state index in [0.29, 0.717) is 33.7 Å². The van der Waals surface area contributed by atoms with Crippen LogP contribution in [0.15, 0.2) is 70.4 Å². The Labute approximate surface area is 200 Å². The fourth-order valence-corrected chi connectivity index (χ4v) is 3.60. The van der Waals surface area contributed by atoms with Crippen molar-refractivity contribution >= 4 is 40.8 Å². The van der Waals surface area contributed by atoms with Crippen LogP contribution in [0.2, 0.25) is 10.0 Å². The Morgan fingerprint density at radius 1 is 1.12 bits per heavy atom. The number of furan rings is 1. The lowest BCUT2D eigenvalue weighted by atomic mass is 10.0. The van der Waals surface area contributed by atoms with Crippen LogP contribution in [-0.2, 0) is 14.3 Å². The highest BCUT2D eigenvalue weighted by Gasteiger charge is 2.35. The molecule has 3 aromatic rings. The summed E-state index contributed by atoms with van der Waals surface area (Å²) in [6, 6.07) is 15.3. The first-order chi connectivity index (χ1) is 15.9. The van der Waals surface area contributed by atoms with E-state index in [4.69, 9.17) is 37.1 Å². The predicted octanol–water partition coefficient (Wildman–Crippen LogP) is 5.19. The summed E-state index contributed by atoms with van der Waals surface area (Å²) in [5, 5.41) is 6.98. The number of carbonyl (C=O) groups is 2. The standard InChI is InChI=1S/C24H20Cl2N2O5/c1-15-11-18(8-9-19(15)26)32-14-24(30)33-13-23(29)28-21(22-3-2-10-31-22)12-20(27-28)16-4-6-17(25)7-5-16/h2-11,21H,12-14H2,1H3. The van der Waals surface area contributed by atoms with Gasteiger partial charge in [-0.1, -0.05) is 35.3 Å². The van der Waals surface area contributed by atoms with Crippen LogP contribution in [0.3, 0.4) is 0 Å². The smallest absolute Gasteiger partial charge is 0.344 e. The van der Waals surface area contributed by atoms with Gasteiger partial charge in [-0.15, -0.1) is 0 Å². The Morgan fingerprint density at radius 3 is 2.61 bits per heavy atom. The van der Waals surface area contributed by atoms with Crippen LogP contribution >= 0.6 is 23.2 Å². The zero-order valence-corrected chi connectivity index (χ0v) is 19.2. The molecule has 1 aliphatic rings. The van der Waals surface area contributed by atoms with Crippen LogP contribution < -0.4 is 4.74 Å². The second-order valence-corrected chi connectivity index (χ2v) is 8.23. The van der Waals surface area contributed by atoms with Crippen molar-refractivity contribution < 1.29 is 23.5 Å². The first-order valence-corrected chi connectivity index (χ1v) is 10.9. The highest BCUT2D eigenvalue weighted by Crippen LogP contribution is 2.33. The molecular formula is C24H20Cl2N2O5. The molecular weight excluding hydrogens is 467 g/mol. The normalized spacial score (nSPS) is 15.3.